The predicted octanol–water partition coefficient (Wildman–Crippen LogP) is 2.12. The number of hydrogen-bond donors (Lipinski definition) is 3. The number of nitrogens with zero attached hydrogens (tertiary/aromatic N) is 1. The highest BCUT2D eigenvalue weighted by atomic mass is 32.2. The van der Waals surface area contributed by atoms with Crippen LogP contribution in [0.15, 0.2) is 18.3 Å². The second-order valence-corrected chi connectivity index (χ2v) is 5.91. The van der Waals surface area contributed by atoms with Crippen LogP contribution in [0.3, 0.4) is 0 Å². The predicted molar refractivity (Wildman–Crippen MR) is 84.2 cm³/mol. The number of hydrogen-bond acceptors (Lipinski definition) is 5. The lowest BCUT2D eigenvalue weighted by Gasteiger charge is -2.19. The van der Waals surface area contributed by atoms with Gasteiger partial charge in [-0.3, -0.25) is 4.79 Å². The van der Waals surface area contributed by atoms with Crippen molar-refractivity contribution in [3.8, 4) is 0 Å². The van der Waals surface area contributed by atoms with Crippen molar-refractivity contribution < 1.29 is 9.90 Å². The average Bonchev–Trinajstić information content (AvgIpc) is 2.38. The molecule has 0 bridgehead atoms. The number of rotatable bonds is 9. The van der Waals surface area contributed by atoms with E-state index in [0.717, 1.165) is 24.4 Å². The molecule has 0 saturated carbocycles. The molecule has 0 aliphatic rings. The van der Waals surface area contributed by atoms with Gasteiger partial charge in [0.05, 0.1) is 0 Å². The van der Waals surface area contributed by atoms with Gasteiger partial charge in [-0.2, -0.15) is 11.8 Å². The van der Waals surface area contributed by atoms with Crippen molar-refractivity contribution in [3.63, 3.8) is 0 Å². The Kier molecular flexibility index (Phi) is 7.40. The zero-order valence-electron chi connectivity index (χ0n) is 12.0. The molecule has 6 heteroatoms. The minimum Gasteiger partial charge on any atom is -0.480 e. The molecule has 0 spiro atoms. The number of aryl methyl sites for hydroxylation is 1. The van der Waals surface area contributed by atoms with Gasteiger partial charge in [-0.05, 0) is 31.0 Å². The second kappa shape index (κ2) is 8.81. The van der Waals surface area contributed by atoms with E-state index in [1.165, 1.54) is 5.56 Å². The average molecular weight is 297 g/mol. The van der Waals surface area contributed by atoms with Crippen molar-refractivity contribution in [2.24, 2.45) is 5.73 Å². The summed E-state index contributed by atoms with van der Waals surface area (Å²) in [5.74, 6) is 1.17. The monoisotopic (exact) mass is 297 g/mol. The van der Waals surface area contributed by atoms with Crippen LogP contribution in [0.1, 0.15) is 25.3 Å². The van der Waals surface area contributed by atoms with Crippen LogP contribution < -0.4 is 11.1 Å². The number of carboxylic acid groups (broad SMARTS) is 1. The fourth-order valence-corrected chi connectivity index (χ4v) is 2.85. The molecule has 112 valence electrons. The Balaban J connectivity index is 2.46. The van der Waals surface area contributed by atoms with Crippen molar-refractivity contribution in [1.29, 1.82) is 0 Å². The summed E-state index contributed by atoms with van der Waals surface area (Å²) < 4.78 is 0. The molecule has 0 aliphatic heterocycles. The molecule has 20 heavy (non-hydrogen) atoms. The number of thioether (sulfide) groups is 1. The SMILES string of the molecule is CCCC(CSCC(N)C(=O)O)Nc1cc(C)ccn1. The third kappa shape index (κ3) is 6.25. The smallest absolute Gasteiger partial charge is 0.321 e. The molecule has 0 radical (unpaired) electrons. The molecular weight excluding hydrogens is 274 g/mol. The van der Waals surface area contributed by atoms with E-state index in [-0.39, 0.29) is 6.04 Å². The quantitative estimate of drug-likeness (QED) is 0.647. The van der Waals surface area contributed by atoms with Crippen LogP contribution in [0.25, 0.3) is 0 Å². The molecule has 1 rings (SSSR count). The highest BCUT2D eigenvalue weighted by Crippen LogP contribution is 2.14. The fourth-order valence-electron chi connectivity index (χ4n) is 1.78. The Bertz CT molecular complexity index is 429. The van der Waals surface area contributed by atoms with E-state index in [4.69, 9.17) is 10.8 Å². The van der Waals surface area contributed by atoms with Gasteiger partial charge in [0.1, 0.15) is 11.9 Å². The lowest BCUT2D eigenvalue weighted by molar-refractivity contribution is -0.137. The number of nitrogens with two attached hydrogens (primary N) is 1. The summed E-state index contributed by atoms with van der Waals surface area (Å²) in [7, 11) is 0. The fraction of sp³-hybridized carbons (Fsp3) is 0.571. The first-order chi connectivity index (χ1) is 9.52. The summed E-state index contributed by atoms with van der Waals surface area (Å²) in [6.07, 6.45) is 3.87. The topological polar surface area (TPSA) is 88.2 Å². The molecule has 0 aliphatic carbocycles. The molecular formula is C14H23N3O2S. The van der Waals surface area contributed by atoms with E-state index < -0.39 is 12.0 Å². The molecule has 0 saturated heterocycles. The van der Waals surface area contributed by atoms with Gasteiger partial charge in [-0.1, -0.05) is 13.3 Å². The van der Waals surface area contributed by atoms with E-state index >= 15 is 0 Å². The molecule has 2 atom stereocenters. The van der Waals surface area contributed by atoms with Gasteiger partial charge in [0.2, 0.25) is 0 Å². The lowest BCUT2D eigenvalue weighted by atomic mass is 10.2. The van der Waals surface area contributed by atoms with Crippen LogP contribution in [-0.4, -0.2) is 39.6 Å². The van der Waals surface area contributed by atoms with Gasteiger partial charge in [-0.15, -0.1) is 0 Å². The summed E-state index contributed by atoms with van der Waals surface area (Å²) in [4.78, 5) is 15.0. The van der Waals surface area contributed by atoms with Gasteiger partial charge < -0.3 is 16.2 Å². The first-order valence-corrected chi connectivity index (χ1v) is 7.93. The first-order valence-electron chi connectivity index (χ1n) is 6.78. The first kappa shape index (κ1) is 16.8. The van der Waals surface area contributed by atoms with Crippen molar-refractivity contribution in [1.82, 2.24) is 4.98 Å². The van der Waals surface area contributed by atoms with Crippen LogP contribution in [0.2, 0.25) is 0 Å². The Morgan fingerprint density at radius 1 is 1.55 bits per heavy atom. The Labute approximate surface area is 124 Å². The van der Waals surface area contributed by atoms with Gasteiger partial charge in [0.15, 0.2) is 0 Å². The largest absolute Gasteiger partial charge is 0.480 e. The van der Waals surface area contributed by atoms with Gasteiger partial charge in [0.25, 0.3) is 0 Å². The van der Waals surface area contributed by atoms with Gasteiger partial charge in [-0.25, -0.2) is 4.98 Å². The van der Waals surface area contributed by atoms with E-state index in [1.54, 1.807) is 18.0 Å². The molecule has 2 unspecified atom stereocenters. The summed E-state index contributed by atoms with van der Waals surface area (Å²) in [5.41, 5.74) is 6.66. The minimum atomic E-state index is -0.946. The molecule has 0 fully saturated rings. The third-order valence-corrected chi connectivity index (χ3v) is 4.07. The van der Waals surface area contributed by atoms with E-state index in [0.29, 0.717) is 5.75 Å². The normalized spacial score (nSPS) is 13.8. The van der Waals surface area contributed by atoms with Crippen molar-refractivity contribution in [2.45, 2.75) is 38.8 Å². The number of anilines is 1. The van der Waals surface area contributed by atoms with Gasteiger partial charge in [0, 0.05) is 23.7 Å². The Morgan fingerprint density at radius 2 is 2.30 bits per heavy atom. The highest BCUT2D eigenvalue weighted by molar-refractivity contribution is 7.99. The lowest BCUT2D eigenvalue weighted by Crippen LogP contribution is -2.33. The maximum Gasteiger partial charge on any atom is 0.321 e. The van der Waals surface area contributed by atoms with Gasteiger partial charge >= 0.3 is 5.97 Å². The maximum absolute atomic E-state index is 10.7. The van der Waals surface area contributed by atoms with Crippen molar-refractivity contribution in [2.75, 3.05) is 16.8 Å². The number of nitrogens with one attached hydrogen (secondary N) is 1. The Hall–Kier alpha value is -1.27. The number of carboxylic acids is 1. The Morgan fingerprint density at radius 3 is 2.90 bits per heavy atom. The highest BCUT2D eigenvalue weighted by Gasteiger charge is 2.14. The van der Waals surface area contributed by atoms with Crippen molar-refractivity contribution >= 4 is 23.5 Å². The van der Waals surface area contributed by atoms with E-state index in [2.05, 4.69) is 17.2 Å². The molecule has 4 N–H and O–H groups in total. The van der Waals surface area contributed by atoms with Crippen LogP contribution in [0.4, 0.5) is 5.82 Å². The van der Waals surface area contributed by atoms with E-state index in [9.17, 15) is 4.79 Å². The van der Waals surface area contributed by atoms with Crippen LogP contribution in [0, 0.1) is 6.92 Å². The number of aromatic nitrogens is 1. The molecule has 1 heterocycles. The molecule has 1 aromatic rings. The van der Waals surface area contributed by atoms with Crippen LogP contribution >= 0.6 is 11.8 Å². The van der Waals surface area contributed by atoms with E-state index in [1.807, 2.05) is 19.1 Å². The zero-order chi connectivity index (χ0) is 15.0. The summed E-state index contributed by atoms with van der Waals surface area (Å²) in [6.45, 7) is 4.16. The number of aliphatic carboxylic acids is 1. The minimum absolute atomic E-state index is 0.278. The van der Waals surface area contributed by atoms with Crippen molar-refractivity contribution in [3.05, 3.63) is 23.9 Å². The zero-order valence-corrected chi connectivity index (χ0v) is 12.8. The third-order valence-electron chi connectivity index (χ3n) is 2.84. The molecule has 5 nitrogen and oxygen atoms in total. The second-order valence-electron chi connectivity index (χ2n) is 4.83. The molecule has 0 amide bonds. The summed E-state index contributed by atoms with van der Waals surface area (Å²) in [6, 6.07) is 3.45. The summed E-state index contributed by atoms with van der Waals surface area (Å²) >= 11 is 1.57. The number of carbonyl (C=O) groups is 1. The van der Waals surface area contributed by atoms with Crippen LogP contribution in [-0.2, 0) is 4.79 Å². The molecule has 0 aromatic carbocycles. The maximum atomic E-state index is 10.7. The number of pyridine rings is 1. The standard InChI is InChI=1S/C14H23N3O2S/c1-3-4-11(8-20-9-12(15)14(18)19)17-13-7-10(2)5-6-16-13/h5-7,11-12H,3-4,8-9,15H2,1-2H3,(H,16,17)(H,18,19). The van der Waals surface area contributed by atoms with Crippen LogP contribution in [0.5, 0.6) is 0 Å². The summed E-state index contributed by atoms with van der Waals surface area (Å²) in [5, 5.41) is 12.2. The molecule has 1 aromatic heterocycles.